The van der Waals surface area contributed by atoms with Crippen molar-refractivity contribution < 1.29 is 0 Å². The first-order valence-electron chi connectivity index (χ1n) is 8.46. The van der Waals surface area contributed by atoms with Crippen LogP contribution in [-0.2, 0) is 13.0 Å². The summed E-state index contributed by atoms with van der Waals surface area (Å²) in [6, 6.07) is 7.95. The summed E-state index contributed by atoms with van der Waals surface area (Å²) in [7, 11) is 0. The van der Waals surface area contributed by atoms with Gasteiger partial charge in [-0.15, -0.1) is 0 Å². The van der Waals surface area contributed by atoms with Crippen LogP contribution in [0.4, 0.5) is 11.6 Å². The summed E-state index contributed by atoms with van der Waals surface area (Å²) in [4.78, 5) is 13.2. The molecule has 0 saturated carbocycles. The number of anilines is 2. The fraction of sp³-hybridized carbons (Fsp3) is 0.158. The third-order valence-electron chi connectivity index (χ3n) is 4.33. The molecule has 0 aliphatic heterocycles. The molecule has 0 unspecified atom stereocenters. The molecule has 0 amide bonds. The third-order valence-corrected chi connectivity index (χ3v) is 4.33. The quantitative estimate of drug-likeness (QED) is 0.513. The largest absolute Gasteiger partial charge is 0.383 e. The first-order chi connectivity index (χ1) is 12.7. The Labute approximate surface area is 150 Å². The van der Waals surface area contributed by atoms with Gasteiger partial charge in [0.2, 0.25) is 0 Å². The number of nitrogens with zero attached hydrogens (tertiary/aromatic N) is 4. The number of aryl methyl sites for hydroxylation is 1. The van der Waals surface area contributed by atoms with Gasteiger partial charge in [-0.2, -0.15) is 5.10 Å². The molecule has 4 heterocycles. The van der Waals surface area contributed by atoms with Gasteiger partial charge in [-0.05, 0) is 41.6 Å². The summed E-state index contributed by atoms with van der Waals surface area (Å²) in [5, 5.41) is 12.0. The Morgan fingerprint density at radius 2 is 2.08 bits per heavy atom. The zero-order valence-electron chi connectivity index (χ0n) is 14.4. The van der Waals surface area contributed by atoms with Crippen LogP contribution in [0.2, 0.25) is 0 Å². The van der Waals surface area contributed by atoms with E-state index >= 15 is 0 Å². The first-order valence-corrected chi connectivity index (χ1v) is 8.46. The van der Waals surface area contributed by atoms with Crippen molar-refractivity contribution in [3.8, 4) is 11.3 Å². The number of hydrogen-bond donors (Lipinski definition) is 3. The predicted molar refractivity (Wildman–Crippen MR) is 102 cm³/mol. The molecule has 130 valence electrons. The van der Waals surface area contributed by atoms with Crippen molar-refractivity contribution in [2.24, 2.45) is 0 Å². The van der Waals surface area contributed by atoms with Gasteiger partial charge < -0.3 is 11.1 Å². The second-order valence-corrected chi connectivity index (χ2v) is 6.01. The minimum atomic E-state index is 0.469. The Morgan fingerprint density at radius 1 is 1.15 bits per heavy atom. The molecule has 0 spiro atoms. The molecule has 4 rings (SSSR count). The number of nitrogens with one attached hydrogen (secondary N) is 2. The lowest BCUT2D eigenvalue weighted by atomic mass is 10.0. The van der Waals surface area contributed by atoms with Gasteiger partial charge in [0.1, 0.15) is 11.6 Å². The van der Waals surface area contributed by atoms with Crippen molar-refractivity contribution in [1.82, 2.24) is 25.1 Å². The second kappa shape index (κ2) is 6.79. The van der Waals surface area contributed by atoms with Crippen LogP contribution in [0.1, 0.15) is 18.2 Å². The van der Waals surface area contributed by atoms with E-state index in [0.29, 0.717) is 12.4 Å². The summed E-state index contributed by atoms with van der Waals surface area (Å²) in [6.07, 6.45) is 8.02. The second-order valence-electron chi connectivity index (χ2n) is 6.01. The molecule has 0 saturated heterocycles. The average molecular weight is 345 g/mol. The number of aromatic nitrogens is 5. The van der Waals surface area contributed by atoms with Crippen molar-refractivity contribution in [2.75, 3.05) is 11.1 Å². The fourth-order valence-electron chi connectivity index (χ4n) is 2.94. The van der Waals surface area contributed by atoms with Crippen LogP contribution in [0.3, 0.4) is 0 Å². The summed E-state index contributed by atoms with van der Waals surface area (Å²) in [5.74, 6) is 1.24. The van der Waals surface area contributed by atoms with Gasteiger partial charge in [-0.25, -0.2) is 9.97 Å². The number of nitrogen functional groups attached to an aromatic ring is 1. The standard InChI is InChI=1S/C19H19N7/c1-2-12-3-5-21-10-15(12)17-7-13-8-18(22-9-14-4-6-24-26-14)23-11-16(13)19(20)25-17/h3-8,10-11H,2,9H2,1H3,(H2,20,25)(H,22,23)(H,24,26). The highest BCUT2D eigenvalue weighted by molar-refractivity contribution is 5.94. The normalized spacial score (nSPS) is 11.0. The molecule has 4 aromatic rings. The van der Waals surface area contributed by atoms with Crippen molar-refractivity contribution >= 4 is 22.4 Å². The van der Waals surface area contributed by atoms with Crippen molar-refractivity contribution in [1.29, 1.82) is 0 Å². The van der Waals surface area contributed by atoms with Crippen LogP contribution in [0, 0.1) is 0 Å². The van der Waals surface area contributed by atoms with Gasteiger partial charge in [-0.3, -0.25) is 10.1 Å². The van der Waals surface area contributed by atoms with Gasteiger partial charge >= 0.3 is 0 Å². The monoisotopic (exact) mass is 345 g/mol. The lowest BCUT2D eigenvalue weighted by Crippen LogP contribution is -2.02. The minimum Gasteiger partial charge on any atom is -0.383 e. The van der Waals surface area contributed by atoms with Crippen molar-refractivity contribution in [3.05, 3.63) is 60.3 Å². The van der Waals surface area contributed by atoms with Crippen LogP contribution in [0.25, 0.3) is 22.0 Å². The predicted octanol–water partition coefficient (Wildman–Crippen LogP) is 3.17. The van der Waals surface area contributed by atoms with E-state index in [1.165, 1.54) is 5.56 Å². The molecule has 4 N–H and O–H groups in total. The molecule has 7 heteroatoms. The maximum Gasteiger partial charge on any atom is 0.133 e. The molecule has 0 aliphatic rings. The molecule has 7 nitrogen and oxygen atoms in total. The highest BCUT2D eigenvalue weighted by Crippen LogP contribution is 2.29. The minimum absolute atomic E-state index is 0.469. The highest BCUT2D eigenvalue weighted by atomic mass is 15.1. The highest BCUT2D eigenvalue weighted by Gasteiger charge is 2.10. The maximum atomic E-state index is 6.18. The molecule has 0 aromatic carbocycles. The lowest BCUT2D eigenvalue weighted by Gasteiger charge is -2.11. The molecule has 26 heavy (non-hydrogen) atoms. The summed E-state index contributed by atoms with van der Waals surface area (Å²) >= 11 is 0. The molecular formula is C19H19N7. The van der Waals surface area contributed by atoms with Crippen LogP contribution < -0.4 is 11.1 Å². The van der Waals surface area contributed by atoms with Crippen LogP contribution in [-0.4, -0.2) is 25.1 Å². The summed E-state index contributed by atoms with van der Waals surface area (Å²) in [5.41, 5.74) is 10.2. The van der Waals surface area contributed by atoms with E-state index in [1.807, 2.05) is 30.5 Å². The topological polar surface area (TPSA) is 105 Å². The van der Waals surface area contributed by atoms with E-state index in [1.54, 1.807) is 18.6 Å². The Balaban J connectivity index is 1.72. The lowest BCUT2D eigenvalue weighted by molar-refractivity contribution is 0.975. The zero-order chi connectivity index (χ0) is 17.9. The molecule has 0 radical (unpaired) electrons. The number of aromatic amines is 1. The van der Waals surface area contributed by atoms with Crippen molar-refractivity contribution in [2.45, 2.75) is 19.9 Å². The number of rotatable bonds is 5. The van der Waals surface area contributed by atoms with E-state index in [-0.39, 0.29) is 0 Å². The van der Waals surface area contributed by atoms with E-state index in [9.17, 15) is 0 Å². The zero-order valence-corrected chi connectivity index (χ0v) is 14.4. The molecule has 0 fully saturated rings. The molecule has 0 aliphatic carbocycles. The summed E-state index contributed by atoms with van der Waals surface area (Å²) in [6.45, 7) is 2.74. The molecule has 0 bridgehead atoms. The maximum absolute atomic E-state index is 6.18. The fourth-order valence-corrected chi connectivity index (χ4v) is 2.94. The number of nitrogens with two attached hydrogens (primary N) is 1. The van der Waals surface area contributed by atoms with Gasteiger partial charge in [0.25, 0.3) is 0 Å². The van der Waals surface area contributed by atoms with E-state index in [0.717, 1.165) is 40.0 Å². The van der Waals surface area contributed by atoms with Gasteiger partial charge in [0, 0.05) is 35.7 Å². The van der Waals surface area contributed by atoms with Crippen LogP contribution >= 0.6 is 0 Å². The van der Waals surface area contributed by atoms with E-state index in [2.05, 4.69) is 37.4 Å². The van der Waals surface area contributed by atoms with Crippen LogP contribution in [0.15, 0.2) is 49.1 Å². The van der Waals surface area contributed by atoms with Crippen LogP contribution in [0.5, 0.6) is 0 Å². The molecule has 0 atom stereocenters. The average Bonchev–Trinajstić information content (AvgIpc) is 3.19. The summed E-state index contributed by atoms with van der Waals surface area (Å²) < 4.78 is 0. The van der Waals surface area contributed by atoms with Gasteiger partial charge in [-0.1, -0.05) is 6.92 Å². The van der Waals surface area contributed by atoms with Gasteiger partial charge in [0.15, 0.2) is 0 Å². The smallest absolute Gasteiger partial charge is 0.133 e. The Bertz CT molecular complexity index is 1040. The number of fused-ring (bicyclic) bond motifs is 1. The Hall–Kier alpha value is -3.48. The van der Waals surface area contributed by atoms with E-state index in [4.69, 9.17) is 5.73 Å². The first kappa shape index (κ1) is 16.0. The van der Waals surface area contributed by atoms with Gasteiger partial charge in [0.05, 0.1) is 17.9 Å². The number of pyridine rings is 3. The Morgan fingerprint density at radius 3 is 2.88 bits per heavy atom. The number of H-pyrrole nitrogens is 1. The Kier molecular flexibility index (Phi) is 4.18. The molecule has 4 aromatic heterocycles. The molecular weight excluding hydrogens is 326 g/mol. The number of hydrogen-bond acceptors (Lipinski definition) is 6. The van der Waals surface area contributed by atoms with Crippen molar-refractivity contribution in [3.63, 3.8) is 0 Å². The SMILES string of the molecule is CCc1ccncc1-c1cc2cc(NCc3ccn[nH]3)ncc2c(N)n1. The third kappa shape index (κ3) is 3.06. The van der Waals surface area contributed by atoms with E-state index < -0.39 is 0 Å².